The third kappa shape index (κ3) is 4.62. The van der Waals surface area contributed by atoms with Crippen LogP contribution >= 0.6 is 15.9 Å². The van der Waals surface area contributed by atoms with Crippen molar-refractivity contribution in [2.45, 2.75) is 50.6 Å². The highest BCUT2D eigenvalue weighted by molar-refractivity contribution is 9.10. The maximum atomic E-state index is 11.5. The highest BCUT2D eigenvalue weighted by Gasteiger charge is 2.29. The first kappa shape index (κ1) is 12.9. The maximum Gasteiger partial charge on any atom is 0.236 e. The maximum absolute atomic E-state index is 11.5. The molecule has 2 N–H and O–H groups in total. The number of hydrogen-bond donors (Lipinski definition) is 2. The highest BCUT2D eigenvalue weighted by atomic mass is 79.9. The normalized spacial score (nSPS) is 15.3. The van der Waals surface area contributed by atoms with Crippen molar-refractivity contribution in [1.29, 1.82) is 0 Å². The zero-order chi connectivity index (χ0) is 10.9. The van der Waals surface area contributed by atoms with Crippen LogP contribution in [0.15, 0.2) is 0 Å². The van der Waals surface area contributed by atoms with Gasteiger partial charge in [-0.3, -0.25) is 4.79 Å². The van der Waals surface area contributed by atoms with Crippen LogP contribution in [0.4, 0.5) is 0 Å². The number of amides is 1. The van der Waals surface area contributed by atoms with Crippen molar-refractivity contribution < 1.29 is 9.90 Å². The van der Waals surface area contributed by atoms with Crippen molar-refractivity contribution in [1.82, 2.24) is 5.32 Å². The summed E-state index contributed by atoms with van der Waals surface area (Å²) in [5.41, 5.74) is -0.895. The molecule has 0 aliphatic heterocycles. The predicted molar refractivity (Wildman–Crippen MR) is 56.9 cm³/mol. The number of alkyl halides is 1. The van der Waals surface area contributed by atoms with E-state index >= 15 is 0 Å². The minimum Gasteiger partial charge on any atom is -0.388 e. The Morgan fingerprint density at radius 1 is 1.38 bits per heavy atom. The molecule has 0 aliphatic rings. The molecule has 0 spiro atoms. The molecule has 1 amide bonds. The van der Waals surface area contributed by atoms with Gasteiger partial charge in [-0.2, -0.15) is 0 Å². The van der Waals surface area contributed by atoms with Gasteiger partial charge in [0.2, 0.25) is 5.91 Å². The van der Waals surface area contributed by atoms with Crippen molar-refractivity contribution in [3.8, 4) is 0 Å². The van der Waals surface area contributed by atoms with E-state index in [1.807, 2.05) is 0 Å². The van der Waals surface area contributed by atoms with E-state index in [2.05, 4.69) is 21.2 Å². The first-order valence-electron chi connectivity index (χ1n) is 4.27. The van der Waals surface area contributed by atoms with Gasteiger partial charge in [0.1, 0.15) is 0 Å². The third-order valence-corrected chi connectivity index (χ3v) is 2.31. The van der Waals surface area contributed by atoms with Gasteiger partial charge in [0.05, 0.1) is 16.0 Å². The lowest BCUT2D eigenvalue weighted by Gasteiger charge is -2.29. The number of carbonyl (C=O) groups excluding carboxylic acids is 1. The molecule has 0 bridgehead atoms. The molecule has 0 aromatic heterocycles. The number of hydrogen-bond acceptors (Lipinski definition) is 2. The van der Waals surface area contributed by atoms with E-state index in [1.165, 1.54) is 0 Å². The molecule has 0 aromatic carbocycles. The molecule has 1 atom stereocenters. The lowest BCUT2D eigenvalue weighted by molar-refractivity contribution is -0.124. The van der Waals surface area contributed by atoms with Gasteiger partial charge in [-0.1, -0.05) is 15.9 Å². The molecule has 0 rings (SSSR count). The van der Waals surface area contributed by atoms with E-state index in [-0.39, 0.29) is 11.9 Å². The highest BCUT2D eigenvalue weighted by Crippen LogP contribution is 2.17. The van der Waals surface area contributed by atoms with Crippen LogP contribution in [0.1, 0.15) is 34.6 Å². The van der Waals surface area contributed by atoms with E-state index in [4.69, 9.17) is 0 Å². The summed E-state index contributed by atoms with van der Waals surface area (Å²) >= 11 is 3.25. The number of nitrogens with one attached hydrogen (secondary N) is 1. The molecule has 0 saturated heterocycles. The van der Waals surface area contributed by atoms with E-state index in [0.29, 0.717) is 0 Å². The van der Waals surface area contributed by atoms with E-state index in [0.717, 1.165) is 0 Å². The fourth-order valence-electron chi connectivity index (χ4n) is 0.545. The average molecular weight is 252 g/mol. The molecule has 4 heteroatoms. The van der Waals surface area contributed by atoms with Crippen LogP contribution < -0.4 is 5.32 Å². The molecule has 0 aromatic rings. The Morgan fingerprint density at radius 2 is 1.77 bits per heavy atom. The summed E-state index contributed by atoms with van der Waals surface area (Å²) in [5.74, 6) is -0.123. The Balaban J connectivity index is 4.24. The summed E-state index contributed by atoms with van der Waals surface area (Å²) in [6.45, 7) is 8.63. The zero-order valence-corrected chi connectivity index (χ0v) is 10.4. The van der Waals surface area contributed by atoms with Gasteiger partial charge in [-0.05, 0) is 34.6 Å². The largest absolute Gasteiger partial charge is 0.388 e. The summed E-state index contributed by atoms with van der Waals surface area (Å²) in [6.07, 6.45) is 0. The van der Waals surface area contributed by atoms with Gasteiger partial charge >= 0.3 is 0 Å². The summed E-state index contributed by atoms with van der Waals surface area (Å²) in [5, 5.41) is 12.3. The smallest absolute Gasteiger partial charge is 0.236 e. The first-order chi connectivity index (χ1) is 5.55. The number of carbonyl (C=O) groups is 1. The molecule has 0 aliphatic carbocycles. The third-order valence-electron chi connectivity index (χ3n) is 1.95. The molecule has 13 heavy (non-hydrogen) atoms. The minimum absolute atomic E-state index is 0.123. The minimum atomic E-state index is -0.895. The van der Waals surface area contributed by atoms with E-state index in [9.17, 15) is 9.90 Å². The van der Waals surface area contributed by atoms with Gasteiger partial charge in [0.25, 0.3) is 0 Å². The molecule has 1 unspecified atom stereocenters. The van der Waals surface area contributed by atoms with Gasteiger partial charge in [-0.15, -0.1) is 0 Å². The number of aliphatic hydroxyl groups is 1. The lowest BCUT2D eigenvalue weighted by atomic mass is 10.0. The van der Waals surface area contributed by atoms with Crippen molar-refractivity contribution in [2.24, 2.45) is 0 Å². The topological polar surface area (TPSA) is 49.3 Å². The summed E-state index contributed by atoms with van der Waals surface area (Å²) in [6, 6.07) is -0.267. The summed E-state index contributed by atoms with van der Waals surface area (Å²) in [7, 11) is 0. The Bertz CT molecular complexity index is 191. The molecule has 0 saturated carbocycles. The molecular formula is C9H18BrNO2. The van der Waals surface area contributed by atoms with Crippen LogP contribution in [-0.2, 0) is 4.79 Å². The molecule has 0 fully saturated rings. The Labute approximate surface area is 88.0 Å². The quantitative estimate of drug-likeness (QED) is 0.746. The van der Waals surface area contributed by atoms with Gasteiger partial charge in [0.15, 0.2) is 0 Å². The van der Waals surface area contributed by atoms with Gasteiger partial charge < -0.3 is 10.4 Å². The summed E-state index contributed by atoms with van der Waals surface area (Å²) in [4.78, 5) is 11.5. The van der Waals surface area contributed by atoms with Crippen LogP contribution in [0.2, 0.25) is 0 Å². The Morgan fingerprint density at radius 3 is 2.00 bits per heavy atom. The van der Waals surface area contributed by atoms with Crippen LogP contribution in [0, 0.1) is 0 Å². The SMILES string of the molecule is CC(NC(=O)C(C)(C)Br)C(C)(C)O. The molecule has 0 radical (unpaired) electrons. The van der Waals surface area contributed by atoms with E-state index < -0.39 is 9.93 Å². The van der Waals surface area contributed by atoms with Crippen LogP contribution in [0.3, 0.4) is 0 Å². The van der Waals surface area contributed by atoms with Crippen molar-refractivity contribution in [3.05, 3.63) is 0 Å². The average Bonchev–Trinajstić information content (AvgIpc) is 1.82. The number of halogens is 1. The Kier molecular flexibility index (Phi) is 3.94. The van der Waals surface area contributed by atoms with Crippen molar-refractivity contribution >= 4 is 21.8 Å². The monoisotopic (exact) mass is 251 g/mol. The lowest BCUT2D eigenvalue weighted by Crippen LogP contribution is -2.51. The molecule has 78 valence electrons. The van der Waals surface area contributed by atoms with Crippen LogP contribution in [0.5, 0.6) is 0 Å². The molecule has 0 heterocycles. The van der Waals surface area contributed by atoms with Gasteiger partial charge in [-0.25, -0.2) is 0 Å². The molecular weight excluding hydrogens is 234 g/mol. The zero-order valence-electron chi connectivity index (χ0n) is 8.81. The summed E-state index contributed by atoms with van der Waals surface area (Å²) < 4.78 is -0.591. The van der Waals surface area contributed by atoms with Crippen molar-refractivity contribution in [3.63, 3.8) is 0 Å². The van der Waals surface area contributed by atoms with E-state index in [1.54, 1.807) is 34.6 Å². The van der Waals surface area contributed by atoms with Crippen LogP contribution in [0.25, 0.3) is 0 Å². The second-order valence-electron chi connectivity index (χ2n) is 4.32. The van der Waals surface area contributed by atoms with Crippen LogP contribution in [-0.4, -0.2) is 27.0 Å². The standard InChI is InChI=1S/C9H18BrNO2/c1-6(9(4,5)13)11-7(12)8(2,3)10/h6,13H,1-5H3,(H,11,12). The predicted octanol–water partition coefficient (Wildman–Crippen LogP) is 1.44. The fraction of sp³-hybridized carbons (Fsp3) is 0.889. The second kappa shape index (κ2) is 3.96. The van der Waals surface area contributed by atoms with Crippen molar-refractivity contribution in [2.75, 3.05) is 0 Å². The Hall–Kier alpha value is -0.0900. The number of rotatable bonds is 3. The second-order valence-corrected chi connectivity index (χ2v) is 6.30. The fourth-order valence-corrected chi connectivity index (χ4v) is 0.659. The first-order valence-corrected chi connectivity index (χ1v) is 5.06. The van der Waals surface area contributed by atoms with Gasteiger partial charge in [0, 0.05) is 0 Å². The molecule has 3 nitrogen and oxygen atoms in total.